The van der Waals surface area contributed by atoms with Crippen molar-refractivity contribution >= 4 is 28.3 Å². The Bertz CT molecular complexity index is 644. The SMILES string of the molecule is CC(N)CC(=O)N1CCC(NS(=O)(=O)c2ccc(F)cc2)CC1.Cl. The molecule has 0 radical (unpaired) electrons. The van der Waals surface area contributed by atoms with Crippen LogP contribution < -0.4 is 10.5 Å². The molecule has 2 rings (SSSR count). The van der Waals surface area contributed by atoms with Crippen molar-refractivity contribution in [1.82, 2.24) is 9.62 Å². The number of piperidine rings is 1. The molecule has 0 spiro atoms. The van der Waals surface area contributed by atoms with Crippen LogP contribution in [0.3, 0.4) is 0 Å². The zero-order valence-corrected chi connectivity index (χ0v) is 15.1. The molecule has 1 aliphatic heterocycles. The molecule has 1 aliphatic rings. The van der Waals surface area contributed by atoms with E-state index in [1.807, 2.05) is 0 Å². The molecule has 1 unspecified atom stereocenters. The van der Waals surface area contributed by atoms with Crippen molar-refractivity contribution in [3.63, 3.8) is 0 Å². The Kier molecular flexibility index (Phi) is 7.59. The van der Waals surface area contributed by atoms with Crippen LogP contribution in [0.5, 0.6) is 0 Å². The number of hydrogen-bond acceptors (Lipinski definition) is 4. The molecule has 6 nitrogen and oxygen atoms in total. The van der Waals surface area contributed by atoms with E-state index in [4.69, 9.17) is 5.73 Å². The molecule has 9 heteroatoms. The normalized spacial score (nSPS) is 17.2. The van der Waals surface area contributed by atoms with Crippen LogP contribution >= 0.6 is 12.4 Å². The molecular formula is C15H23ClFN3O3S. The van der Waals surface area contributed by atoms with E-state index in [2.05, 4.69) is 4.72 Å². The summed E-state index contributed by atoms with van der Waals surface area (Å²) in [5.74, 6) is -0.482. The second kappa shape index (κ2) is 8.75. The third kappa shape index (κ3) is 5.70. The Hall–Kier alpha value is -1.22. The summed E-state index contributed by atoms with van der Waals surface area (Å²) in [5.41, 5.74) is 5.62. The molecule has 1 atom stereocenters. The van der Waals surface area contributed by atoms with Crippen molar-refractivity contribution in [2.75, 3.05) is 13.1 Å². The minimum Gasteiger partial charge on any atom is -0.343 e. The fourth-order valence-corrected chi connectivity index (χ4v) is 3.86. The summed E-state index contributed by atoms with van der Waals surface area (Å²) in [6, 6.07) is 4.28. The van der Waals surface area contributed by atoms with Crippen LogP contribution in [0.1, 0.15) is 26.2 Å². The van der Waals surface area contributed by atoms with E-state index in [1.54, 1.807) is 11.8 Å². The number of amides is 1. The van der Waals surface area contributed by atoms with Crippen molar-refractivity contribution < 1.29 is 17.6 Å². The fraction of sp³-hybridized carbons (Fsp3) is 0.533. The van der Waals surface area contributed by atoms with Gasteiger partial charge in [0.05, 0.1) is 4.90 Å². The van der Waals surface area contributed by atoms with Gasteiger partial charge in [-0.2, -0.15) is 0 Å². The van der Waals surface area contributed by atoms with Gasteiger partial charge in [0.2, 0.25) is 15.9 Å². The van der Waals surface area contributed by atoms with Gasteiger partial charge in [0.15, 0.2) is 0 Å². The molecule has 0 bridgehead atoms. The van der Waals surface area contributed by atoms with Gasteiger partial charge in [0.25, 0.3) is 0 Å². The molecule has 24 heavy (non-hydrogen) atoms. The number of hydrogen-bond donors (Lipinski definition) is 2. The number of halogens is 2. The van der Waals surface area contributed by atoms with Crippen LogP contribution in [0.25, 0.3) is 0 Å². The highest BCUT2D eigenvalue weighted by Crippen LogP contribution is 2.16. The molecule has 0 aromatic heterocycles. The van der Waals surface area contributed by atoms with E-state index in [1.165, 1.54) is 12.1 Å². The number of rotatable bonds is 5. The number of carbonyl (C=O) groups is 1. The van der Waals surface area contributed by atoms with Gasteiger partial charge in [-0.05, 0) is 44.0 Å². The van der Waals surface area contributed by atoms with Crippen LogP contribution in [-0.2, 0) is 14.8 Å². The van der Waals surface area contributed by atoms with Crippen molar-refractivity contribution in [1.29, 1.82) is 0 Å². The van der Waals surface area contributed by atoms with Crippen LogP contribution in [0.15, 0.2) is 29.2 Å². The summed E-state index contributed by atoms with van der Waals surface area (Å²) in [6.45, 7) is 2.78. The molecular weight excluding hydrogens is 357 g/mol. The summed E-state index contributed by atoms with van der Waals surface area (Å²) in [6.07, 6.45) is 1.39. The van der Waals surface area contributed by atoms with Crippen molar-refractivity contribution in [2.45, 2.75) is 43.2 Å². The molecule has 1 fully saturated rings. The van der Waals surface area contributed by atoms with Gasteiger partial charge in [-0.3, -0.25) is 4.79 Å². The van der Waals surface area contributed by atoms with Crippen LogP contribution in [-0.4, -0.2) is 44.4 Å². The van der Waals surface area contributed by atoms with E-state index in [9.17, 15) is 17.6 Å². The molecule has 136 valence electrons. The van der Waals surface area contributed by atoms with Crippen LogP contribution in [0, 0.1) is 5.82 Å². The molecule has 1 aromatic rings. The van der Waals surface area contributed by atoms with Crippen molar-refractivity contribution in [3.8, 4) is 0 Å². The Morgan fingerprint density at radius 1 is 1.33 bits per heavy atom. The predicted octanol–water partition coefficient (Wildman–Crippen LogP) is 1.25. The Morgan fingerprint density at radius 3 is 2.38 bits per heavy atom. The largest absolute Gasteiger partial charge is 0.343 e. The van der Waals surface area contributed by atoms with Gasteiger partial charge in [-0.15, -0.1) is 12.4 Å². The maximum absolute atomic E-state index is 12.9. The zero-order chi connectivity index (χ0) is 17.0. The van der Waals surface area contributed by atoms with E-state index >= 15 is 0 Å². The Labute approximate surface area is 148 Å². The lowest BCUT2D eigenvalue weighted by molar-refractivity contribution is -0.132. The Morgan fingerprint density at radius 2 is 1.88 bits per heavy atom. The minimum absolute atomic E-state index is 0. The summed E-state index contributed by atoms with van der Waals surface area (Å²) < 4.78 is 40.0. The first-order valence-corrected chi connectivity index (χ1v) is 9.07. The fourth-order valence-electron chi connectivity index (χ4n) is 2.55. The molecule has 0 saturated carbocycles. The smallest absolute Gasteiger partial charge is 0.240 e. The highest BCUT2D eigenvalue weighted by Gasteiger charge is 2.26. The number of carbonyl (C=O) groups excluding carboxylic acids is 1. The molecule has 1 aromatic carbocycles. The lowest BCUT2D eigenvalue weighted by Crippen LogP contribution is -2.47. The summed E-state index contributed by atoms with van der Waals surface area (Å²) >= 11 is 0. The predicted molar refractivity (Wildman–Crippen MR) is 91.8 cm³/mol. The van der Waals surface area contributed by atoms with E-state index < -0.39 is 15.8 Å². The van der Waals surface area contributed by atoms with Gasteiger partial charge in [0.1, 0.15) is 5.82 Å². The van der Waals surface area contributed by atoms with E-state index in [0.29, 0.717) is 32.4 Å². The van der Waals surface area contributed by atoms with E-state index in [-0.39, 0.29) is 35.3 Å². The minimum atomic E-state index is -3.67. The quantitative estimate of drug-likeness (QED) is 0.805. The lowest BCUT2D eigenvalue weighted by atomic mass is 10.1. The molecule has 3 N–H and O–H groups in total. The zero-order valence-electron chi connectivity index (χ0n) is 13.4. The van der Waals surface area contributed by atoms with Gasteiger partial charge in [0, 0.05) is 31.6 Å². The second-order valence-corrected chi connectivity index (χ2v) is 7.63. The number of nitrogens with two attached hydrogens (primary N) is 1. The van der Waals surface area contributed by atoms with Gasteiger partial charge in [-0.25, -0.2) is 17.5 Å². The first-order chi connectivity index (χ1) is 10.8. The van der Waals surface area contributed by atoms with Crippen molar-refractivity contribution in [2.24, 2.45) is 5.73 Å². The van der Waals surface area contributed by atoms with Gasteiger partial charge < -0.3 is 10.6 Å². The maximum Gasteiger partial charge on any atom is 0.240 e. The summed E-state index contributed by atoms with van der Waals surface area (Å²) in [4.78, 5) is 13.7. The number of sulfonamides is 1. The average Bonchev–Trinajstić information content (AvgIpc) is 2.47. The summed E-state index contributed by atoms with van der Waals surface area (Å²) in [7, 11) is -3.67. The van der Waals surface area contributed by atoms with Crippen LogP contribution in [0.2, 0.25) is 0 Å². The monoisotopic (exact) mass is 379 g/mol. The highest BCUT2D eigenvalue weighted by molar-refractivity contribution is 7.89. The first kappa shape index (κ1) is 20.8. The molecule has 1 amide bonds. The summed E-state index contributed by atoms with van der Waals surface area (Å²) in [5, 5.41) is 0. The number of nitrogens with one attached hydrogen (secondary N) is 1. The molecule has 0 aliphatic carbocycles. The number of likely N-dealkylation sites (tertiary alicyclic amines) is 1. The number of nitrogens with zero attached hydrogens (tertiary/aromatic N) is 1. The van der Waals surface area contributed by atoms with Crippen molar-refractivity contribution in [3.05, 3.63) is 30.1 Å². The average molecular weight is 380 g/mol. The number of benzene rings is 1. The first-order valence-electron chi connectivity index (χ1n) is 7.59. The maximum atomic E-state index is 12.9. The molecule has 1 heterocycles. The van der Waals surface area contributed by atoms with E-state index in [0.717, 1.165) is 12.1 Å². The molecule has 1 saturated heterocycles. The van der Waals surface area contributed by atoms with Gasteiger partial charge in [-0.1, -0.05) is 0 Å². The van der Waals surface area contributed by atoms with Gasteiger partial charge >= 0.3 is 0 Å². The topological polar surface area (TPSA) is 92.5 Å². The second-order valence-electron chi connectivity index (χ2n) is 5.91. The lowest BCUT2D eigenvalue weighted by Gasteiger charge is -2.32. The third-order valence-electron chi connectivity index (χ3n) is 3.79. The van der Waals surface area contributed by atoms with Crippen LogP contribution in [0.4, 0.5) is 4.39 Å². The standard InChI is InChI=1S/C15H22FN3O3S.ClH/c1-11(17)10-15(20)19-8-6-13(7-9-19)18-23(21,22)14-4-2-12(16)3-5-14;/h2-5,11,13,18H,6-10,17H2,1H3;1H. The third-order valence-corrected chi connectivity index (χ3v) is 5.33. The highest BCUT2D eigenvalue weighted by atomic mass is 35.5. The Balaban J connectivity index is 0.00000288.